The van der Waals surface area contributed by atoms with Gasteiger partial charge in [-0.1, -0.05) is 50.1 Å². The average molecular weight is 369 g/mol. The van der Waals surface area contributed by atoms with Crippen LogP contribution in [0.25, 0.3) is 0 Å². The fourth-order valence-electron chi connectivity index (χ4n) is 1.97. The van der Waals surface area contributed by atoms with E-state index in [9.17, 15) is 0 Å². The summed E-state index contributed by atoms with van der Waals surface area (Å²) in [6.45, 7) is 4.26. The van der Waals surface area contributed by atoms with E-state index in [2.05, 4.69) is 87.4 Å². The second-order valence-electron chi connectivity index (χ2n) is 4.40. The van der Waals surface area contributed by atoms with Gasteiger partial charge in [-0.15, -0.1) is 0 Å². The first-order chi connectivity index (χ1) is 8.56. The van der Waals surface area contributed by atoms with Crippen LogP contribution in [0.2, 0.25) is 0 Å². The van der Waals surface area contributed by atoms with Crippen LogP contribution in [0.5, 0.6) is 0 Å². The summed E-state index contributed by atoms with van der Waals surface area (Å²) in [4.78, 5) is 0. The fraction of sp³-hybridized carbons (Fsp3) is 0.200. The Labute approximate surface area is 125 Å². The lowest BCUT2D eigenvalue weighted by Gasteiger charge is -2.17. The molecule has 0 bridgehead atoms. The third kappa shape index (κ3) is 3.36. The van der Waals surface area contributed by atoms with Gasteiger partial charge in [0.05, 0.1) is 0 Å². The molecular formula is C15H15Br2N. The maximum absolute atomic E-state index is 3.59. The van der Waals surface area contributed by atoms with E-state index < -0.39 is 0 Å². The number of benzene rings is 2. The second kappa shape index (κ2) is 5.89. The van der Waals surface area contributed by atoms with Crippen molar-refractivity contribution in [2.45, 2.75) is 19.9 Å². The average Bonchev–Trinajstić information content (AvgIpc) is 2.27. The monoisotopic (exact) mass is 367 g/mol. The van der Waals surface area contributed by atoms with Crippen LogP contribution < -0.4 is 5.32 Å². The molecule has 0 heterocycles. The topological polar surface area (TPSA) is 12.0 Å². The van der Waals surface area contributed by atoms with Crippen LogP contribution in [0.4, 0.5) is 5.69 Å². The molecule has 0 saturated heterocycles. The van der Waals surface area contributed by atoms with Crippen molar-refractivity contribution in [1.82, 2.24) is 0 Å². The quantitative estimate of drug-likeness (QED) is 0.733. The Morgan fingerprint density at radius 1 is 1.06 bits per heavy atom. The highest BCUT2D eigenvalue weighted by molar-refractivity contribution is 9.10. The maximum Gasteiger partial charge on any atom is 0.0496 e. The molecule has 0 aliphatic heterocycles. The number of aryl methyl sites for hydroxylation is 1. The Hall–Kier alpha value is -0.800. The highest BCUT2D eigenvalue weighted by Gasteiger charge is 2.08. The van der Waals surface area contributed by atoms with Crippen LogP contribution in [0.15, 0.2) is 51.4 Å². The molecule has 0 aliphatic carbocycles. The smallest absolute Gasteiger partial charge is 0.0496 e. The summed E-state index contributed by atoms with van der Waals surface area (Å²) < 4.78 is 2.24. The molecule has 2 aromatic rings. The van der Waals surface area contributed by atoms with Gasteiger partial charge in [0.2, 0.25) is 0 Å². The van der Waals surface area contributed by atoms with Crippen molar-refractivity contribution in [1.29, 1.82) is 0 Å². The van der Waals surface area contributed by atoms with E-state index in [0.29, 0.717) is 0 Å². The lowest BCUT2D eigenvalue weighted by molar-refractivity contribution is 0.878. The van der Waals surface area contributed by atoms with E-state index in [1.807, 2.05) is 6.07 Å². The van der Waals surface area contributed by atoms with E-state index in [4.69, 9.17) is 0 Å². The number of rotatable bonds is 3. The van der Waals surface area contributed by atoms with Gasteiger partial charge < -0.3 is 5.32 Å². The van der Waals surface area contributed by atoms with Crippen LogP contribution >= 0.6 is 31.9 Å². The molecule has 0 aliphatic rings. The summed E-state index contributed by atoms with van der Waals surface area (Å²) in [5.74, 6) is 0. The third-order valence-corrected chi connectivity index (χ3v) is 3.98. The minimum Gasteiger partial charge on any atom is -0.378 e. The van der Waals surface area contributed by atoms with E-state index in [-0.39, 0.29) is 6.04 Å². The summed E-state index contributed by atoms with van der Waals surface area (Å²) in [6, 6.07) is 14.9. The molecular weight excluding hydrogens is 354 g/mol. The normalized spacial score (nSPS) is 12.2. The molecule has 0 fully saturated rings. The van der Waals surface area contributed by atoms with Gasteiger partial charge in [-0.25, -0.2) is 0 Å². The molecule has 1 N–H and O–H groups in total. The lowest BCUT2D eigenvalue weighted by atomic mass is 10.1. The third-order valence-electron chi connectivity index (χ3n) is 2.80. The predicted molar refractivity (Wildman–Crippen MR) is 85.1 cm³/mol. The van der Waals surface area contributed by atoms with Gasteiger partial charge in [0, 0.05) is 20.7 Å². The summed E-state index contributed by atoms with van der Waals surface area (Å²) in [5.41, 5.74) is 3.63. The Morgan fingerprint density at radius 2 is 1.78 bits per heavy atom. The molecule has 2 aromatic carbocycles. The molecule has 0 radical (unpaired) electrons. The molecule has 18 heavy (non-hydrogen) atoms. The largest absolute Gasteiger partial charge is 0.378 e. The molecule has 3 heteroatoms. The van der Waals surface area contributed by atoms with Gasteiger partial charge in [-0.2, -0.15) is 0 Å². The number of halogens is 2. The first-order valence-electron chi connectivity index (χ1n) is 5.84. The minimum absolute atomic E-state index is 0.259. The van der Waals surface area contributed by atoms with Crippen molar-refractivity contribution >= 4 is 37.5 Å². The zero-order valence-electron chi connectivity index (χ0n) is 10.4. The summed E-state index contributed by atoms with van der Waals surface area (Å²) in [7, 11) is 0. The van der Waals surface area contributed by atoms with Crippen LogP contribution in [-0.4, -0.2) is 0 Å². The number of hydrogen-bond donors (Lipinski definition) is 1. The highest BCUT2D eigenvalue weighted by Crippen LogP contribution is 2.27. The van der Waals surface area contributed by atoms with Crippen molar-refractivity contribution in [2.75, 3.05) is 5.32 Å². The van der Waals surface area contributed by atoms with E-state index in [0.717, 1.165) is 14.6 Å². The summed E-state index contributed by atoms with van der Waals surface area (Å²) in [5, 5.41) is 3.52. The molecule has 1 unspecified atom stereocenters. The summed E-state index contributed by atoms with van der Waals surface area (Å²) >= 11 is 7.11. The van der Waals surface area contributed by atoms with Crippen LogP contribution in [0, 0.1) is 6.92 Å². The van der Waals surface area contributed by atoms with Crippen LogP contribution in [-0.2, 0) is 0 Å². The van der Waals surface area contributed by atoms with Crippen molar-refractivity contribution in [3.63, 3.8) is 0 Å². The Bertz CT molecular complexity index is 532. The van der Waals surface area contributed by atoms with Gasteiger partial charge >= 0.3 is 0 Å². The standard InChI is InChI=1S/C15H15Br2N/c1-10-7-12(16)9-13(8-10)18-11(2)14-5-3-4-6-15(14)17/h3-9,11,18H,1-2H3. The van der Waals surface area contributed by atoms with Gasteiger partial charge in [-0.3, -0.25) is 0 Å². The number of anilines is 1. The van der Waals surface area contributed by atoms with E-state index in [1.165, 1.54) is 11.1 Å². The highest BCUT2D eigenvalue weighted by atomic mass is 79.9. The van der Waals surface area contributed by atoms with Crippen molar-refractivity contribution in [3.8, 4) is 0 Å². The van der Waals surface area contributed by atoms with Crippen LogP contribution in [0.1, 0.15) is 24.1 Å². The Balaban J connectivity index is 2.21. The first kappa shape index (κ1) is 13.6. The van der Waals surface area contributed by atoms with Gasteiger partial charge in [0.1, 0.15) is 0 Å². The molecule has 0 saturated carbocycles. The molecule has 1 nitrogen and oxygen atoms in total. The SMILES string of the molecule is Cc1cc(Br)cc(NC(C)c2ccccc2Br)c1. The summed E-state index contributed by atoms with van der Waals surface area (Å²) in [6.07, 6.45) is 0. The molecule has 0 spiro atoms. The molecule has 2 rings (SSSR count). The van der Waals surface area contributed by atoms with Crippen molar-refractivity contribution in [3.05, 3.63) is 62.5 Å². The zero-order valence-corrected chi connectivity index (χ0v) is 13.5. The maximum atomic E-state index is 3.59. The Morgan fingerprint density at radius 3 is 2.44 bits per heavy atom. The van der Waals surface area contributed by atoms with Gasteiger partial charge in [0.25, 0.3) is 0 Å². The van der Waals surface area contributed by atoms with Crippen molar-refractivity contribution < 1.29 is 0 Å². The minimum atomic E-state index is 0.259. The first-order valence-corrected chi connectivity index (χ1v) is 7.43. The van der Waals surface area contributed by atoms with E-state index >= 15 is 0 Å². The number of nitrogens with one attached hydrogen (secondary N) is 1. The number of hydrogen-bond acceptors (Lipinski definition) is 1. The lowest BCUT2D eigenvalue weighted by Crippen LogP contribution is -2.07. The molecule has 0 aromatic heterocycles. The fourth-order valence-corrected chi connectivity index (χ4v) is 3.21. The van der Waals surface area contributed by atoms with Gasteiger partial charge in [0.15, 0.2) is 0 Å². The molecule has 94 valence electrons. The molecule has 1 atom stereocenters. The van der Waals surface area contributed by atoms with Gasteiger partial charge in [-0.05, 0) is 49.2 Å². The van der Waals surface area contributed by atoms with Crippen molar-refractivity contribution in [2.24, 2.45) is 0 Å². The second-order valence-corrected chi connectivity index (χ2v) is 6.17. The zero-order chi connectivity index (χ0) is 13.1. The Kier molecular flexibility index (Phi) is 4.46. The van der Waals surface area contributed by atoms with Crippen LogP contribution in [0.3, 0.4) is 0 Å². The molecule has 0 amide bonds. The van der Waals surface area contributed by atoms with E-state index in [1.54, 1.807) is 0 Å². The predicted octanol–water partition coefficient (Wildman–Crippen LogP) is 5.69.